The van der Waals surface area contributed by atoms with Gasteiger partial charge in [0.1, 0.15) is 0 Å². The topological polar surface area (TPSA) is 96.9 Å². The van der Waals surface area contributed by atoms with Gasteiger partial charge in [-0.3, -0.25) is 4.84 Å². The molecule has 1 fully saturated rings. The number of hydrogen-bond acceptors (Lipinski definition) is 4. The van der Waals surface area contributed by atoms with E-state index < -0.39 is 18.6 Å². The zero-order valence-electron chi connectivity index (χ0n) is 8.90. The van der Waals surface area contributed by atoms with Crippen molar-refractivity contribution in [2.24, 2.45) is 5.92 Å². The first-order chi connectivity index (χ1) is 7.68. The third kappa shape index (κ3) is 7.02. The number of rotatable bonds is 8. The highest BCUT2D eigenvalue weighted by molar-refractivity contribution is 5.73. The second kappa shape index (κ2) is 7.02. The Bertz CT molecular complexity index is 242. The van der Waals surface area contributed by atoms with Crippen LogP contribution in [0.5, 0.6) is 0 Å². The summed E-state index contributed by atoms with van der Waals surface area (Å²) >= 11 is 0. The van der Waals surface area contributed by atoms with Crippen molar-refractivity contribution in [1.82, 2.24) is 10.8 Å². The number of carbonyl (C=O) groups is 2. The van der Waals surface area contributed by atoms with Crippen molar-refractivity contribution in [2.75, 3.05) is 26.4 Å². The minimum absolute atomic E-state index is 0.370. The highest BCUT2D eigenvalue weighted by Gasteiger charge is 2.20. The van der Waals surface area contributed by atoms with Gasteiger partial charge in [-0.05, 0) is 18.8 Å². The number of nitrogens with one attached hydrogen (secondary N) is 2. The van der Waals surface area contributed by atoms with Crippen molar-refractivity contribution in [1.29, 1.82) is 0 Å². The molecule has 0 aromatic carbocycles. The van der Waals surface area contributed by atoms with E-state index in [4.69, 9.17) is 9.84 Å². The third-order valence-corrected chi connectivity index (χ3v) is 1.94. The smallest absolute Gasteiger partial charge is 0.338 e. The van der Waals surface area contributed by atoms with Crippen LogP contribution in [0.3, 0.4) is 0 Å². The van der Waals surface area contributed by atoms with E-state index in [1.165, 1.54) is 12.8 Å². The molecule has 2 amide bonds. The fourth-order valence-electron chi connectivity index (χ4n) is 0.971. The second-order valence-corrected chi connectivity index (χ2v) is 3.56. The molecule has 0 aliphatic heterocycles. The summed E-state index contributed by atoms with van der Waals surface area (Å²) in [7, 11) is 0. The molecular weight excluding hydrogens is 216 g/mol. The number of carboxylic acids is 1. The van der Waals surface area contributed by atoms with Crippen LogP contribution in [-0.2, 0) is 14.4 Å². The maximum absolute atomic E-state index is 10.9. The molecule has 0 saturated heterocycles. The van der Waals surface area contributed by atoms with E-state index in [0.717, 1.165) is 6.61 Å². The summed E-state index contributed by atoms with van der Waals surface area (Å²) in [5, 5.41) is 10.7. The molecule has 0 heterocycles. The largest absolute Gasteiger partial charge is 0.479 e. The van der Waals surface area contributed by atoms with Crippen molar-refractivity contribution in [3.63, 3.8) is 0 Å². The predicted octanol–water partition coefficient (Wildman–Crippen LogP) is -0.272. The lowest BCUT2D eigenvalue weighted by atomic mass is 10.5. The Kier molecular flexibility index (Phi) is 5.58. The molecule has 0 aromatic heterocycles. The number of aliphatic carboxylic acids is 1. The van der Waals surface area contributed by atoms with Crippen molar-refractivity contribution in [2.45, 2.75) is 12.8 Å². The molecule has 0 aromatic rings. The first-order valence-electron chi connectivity index (χ1n) is 5.13. The number of carbonyl (C=O) groups excluding carboxylic acids is 1. The average molecular weight is 232 g/mol. The lowest BCUT2D eigenvalue weighted by Crippen LogP contribution is -2.38. The summed E-state index contributed by atoms with van der Waals surface area (Å²) < 4.78 is 5.27. The summed E-state index contributed by atoms with van der Waals surface area (Å²) in [6, 6.07) is -0.573. The predicted molar refractivity (Wildman–Crippen MR) is 53.7 cm³/mol. The van der Waals surface area contributed by atoms with Crippen LogP contribution in [0.15, 0.2) is 0 Å². The van der Waals surface area contributed by atoms with Crippen molar-refractivity contribution < 1.29 is 24.3 Å². The molecule has 0 bridgehead atoms. The van der Waals surface area contributed by atoms with Gasteiger partial charge in [0.05, 0.1) is 6.61 Å². The monoisotopic (exact) mass is 232 g/mol. The maximum Gasteiger partial charge on any atom is 0.338 e. The molecule has 0 atom stereocenters. The molecule has 16 heavy (non-hydrogen) atoms. The molecule has 0 unspecified atom stereocenters. The Labute approximate surface area is 93.1 Å². The number of ether oxygens (including phenoxy) is 1. The van der Waals surface area contributed by atoms with Gasteiger partial charge < -0.3 is 15.2 Å². The molecule has 7 heteroatoms. The van der Waals surface area contributed by atoms with Crippen LogP contribution in [0.2, 0.25) is 0 Å². The van der Waals surface area contributed by atoms with Crippen molar-refractivity contribution in [3.8, 4) is 0 Å². The van der Waals surface area contributed by atoms with Gasteiger partial charge in [0.25, 0.3) is 0 Å². The molecule has 1 aliphatic rings. The molecule has 1 rings (SSSR count). The van der Waals surface area contributed by atoms with Crippen molar-refractivity contribution >= 4 is 12.0 Å². The molecule has 7 nitrogen and oxygen atoms in total. The lowest BCUT2D eigenvalue weighted by molar-refractivity contribution is -0.144. The Hall–Kier alpha value is -1.34. The molecule has 1 aliphatic carbocycles. The summed E-state index contributed by atoms with van der Waals surface area (Å²) in [5.41, 5.74) is 1.94. The molecule has 92 valence electrons. The van der Waals surface area contributed by atoms with Crippen LogP contribution in [0.4, 0.5) is 4.79 Å². The Balaban J connectivity index is 1.83. The molecule has 3 N–H and O–H groups in total. The van der Waals surface area contributed by atoms with Crippen LogP contribution in [-0.4, -0.2) is 43.5 Å². The maximum atomic E-state index is 10.9. The second-order valence-electron chi connectivity index (χ2n) is 3.56. The normalized spacial score (nSPS) is 14.5. The van der Waals surface area contributed by atoms with Crippen LogP contribution < -0.4 is 10.8 Å². The quantitative estimate of drug-likeness (QED) is 0.395. The Morgan fingerprint density at radius 2 is 2.12 bits per heavy atom. The summed E-state index contributed by atoms with van der Waals surface area (Å²) in [6.45, 7) is 1.00. The van der Waals surface area contributed by atoms with Gasteiger partial charge in [0.15, 0.2) is 6.61 Å². The minimum atomic E-state index is -1.15. The molecule has 0 spiro atoms. The number of carboxylic acid groups (broad SMARTS) is 1. The molecular formula is C9H16N2O5. The fourth-order valence-corrected chi connectivity index (χ4v) is 0.971. The van der Waals surface area contributed by atoms with Gasteiger partial charge >= 0.3 is 12.0 Å². The van der Waals surface area contributed by atoms with Gasteiger partial charge in [-0.15, -0.1) is 0 Å². The standard InChI is InChI=1S/C9H16N2O5/c12-8(13)6-16-11-9(14)10-3-4-15-5-7-1-2-7/h7H,1-6H2,(H,12,13)(H2,10,11,14). The lowest BCUT2D eigenvalue weighted by Gasteiger charge is -2.06. The summed E-state index contributed by atoms with van der Waals surface area (Å²) in [4.78, 5) is 25.3. The molecule has 1 saturated carbocycles. The zero-order chi connectivity index (χ0) is 11.8. The fraction of sp³-hybridized carbons (Fsp3) is 0.778. The van der Waals surface area contributed by atoms with Gasteiger partial charge in [-0.2, -0.15) is 0 Å². The minimum Gasteiger partial charge on any atom is -0.479 e. The van der Waals surface area contributed by atoms with E-state index in [0.29, 0.717) is 19.1 Å². The van der Waals surface area contributed by atoms with Gasteiger partial charge in [-0.1, -0.05) is 0 Å². The number of amides is 2. The number of hydrogen-bond donors (Lipinski definition) is 3. The van der Waals surface area contributed by atoms with E-state index in [1.54, 1.807) is 0 Å². The van der Waals surface area contributed by atoms with E-state index in [2.05, 4.69) is 10.2 Å². The average Bonchev–Trinajstić information content (AvgIpc) is 3.00. The number of hydroxylamine groups is 1. The SMILES string of the molecule is O=C(O)CONC(=O)NCCOCC1CC1. The highest BCUT2D eigenvalue weighted by Crippen LogP contribution is 2.28. The van der Waals surface area contributed by atoms with E-state index >= 15 is 0 Å². The first-order valence-corrected chi connectivity index (χ1v) is 5.13. The van der Waals surface area contributed by atoms with Gasteiger partial charge in [0, 0.05) is 13.2 Å². The molecule has 0 radical (unpaired) electrons. The zero-order valence-corrected chi connectivity index (χ0v) is 8.90. The highest BCUT2D eigenvalue weighted by atomic mass is 16.7. The van der Waals surface area contributed by atoms with Crippen LogP contribution in [0, 0.1) is 5.92 Å². The van der Waals surface area contributed by atoms with Crippen LogP contribution >= 0.6 is 0 Å². The van der Waals surface area contributed by atoms with E-state index in [-0.39, 0.29) is 0 Å². The summed E-state index contributed by atoms with van der Waals surface area (Å²) in [5.74, 6) is -0.444. The Morgan fingerprint density at radius 1 is 1.38 bits per heavy atom. The van der Waals surface area contributed by atoms with Crippen LogP contribution in [0.25, 0.3) is 0 Å². The van der Waals surface area contributed by atoms with Crippen LogP contribution in [0.1, 0.15) is 12.8 Å². The van der Waals surface area contributed by atoms with Gasteiger partial charge in [0.2, 0.25) is 0 Å². The van der Waals surface area contributed by atoms with E-state index in [1.807, 2.05) is 5.48 Å². The first kappa shape index (κ1) is 12.7. The third-order valence-electron chi connectivity index (χ3n) is 1.94. The Morgan fingerprint density at radius 3 is 2.75 bits per heavy atom. The summed E-state index contributed by atoms with van der Waals surface area (Å²) in [6.07, 6.45) is 2.47. The van der Waals surface area contributed by atoms with Crippen molar-refractivity contribution in [3.05, 3.63) is 0 Å². The van der Waals surface area contributed by atoms with E-state index in [9.17, 15) is 9.59 Å². The van der Waals surface area contributed by atoms with Gasteiger partial charge in [-0.25, -0.2) is 15.1 Å². The number of urea groups is 1.